The van der Waals surface area contributed by atoms with Crippen molar-refractivity contribution in [3.8, 4) is 5.88 Å². The van der Waals surface area contributed by atoms with Gasteiger partial charge in [0.25, 0.3) is 0 Å². The Labute approximate surface area is 87.7 Å². The second-order valence-electron chi connectivity index (χ2n) is 2.78. The number of hydrogen-bond donors (Lipinski definition) is 2. The van der Waals surface area contributed by atoms with Crippen LogP contribution in [0.5, 0.6) is 5.88 Å². The van der Waals surface area contributed by atoms with Crippen LogP contribution >= 0.6 is 0 Å². The smallest absolute Gasteiger partial charge is 0.390 e. The van der Waals surface area contributed by atoms with E-state index in [4.69, 9.17) is 10.8 Å². The first-order chi connectivity index (χ1) is 7.37. The maximum absolute atomic E-state index is 13.2. The van der Waals surface area contributed by atoms with Gasteiger partial charge < -0.3 is 15.6 Å². The van der Waals surface area contributed by atoms with Gasteiger partial charge in [0.05, 0.1) is 12.3 Å². The topological polar surface area (TPSA) is 68.4 Å². The number of pyridine rings is 1. The highest BCUT2D eigenvalue weighted by atomic mass is 19.4. The third-order valence-electron chi connectivity index (χ3n) is 1.71. The second kappa shape index (κ2) is 4.62. The Hall–Kier alpha value is -1.41. The quantitative estimate of drug-likeness (QED) is 0.775. The molecule has 0 aliphatic heterocycles. The number of aromatic nitrogens is 1. The summed E-state index contributed by atoms with van der Waals surface area (Å²) in [6.45, 7) is -1.00. The van der Waals surface area contributed by atoms with Gasteiger partial charge in [-0.05, 0) is 0 Å². The van der Waals surface area contributed by atoms with E-state index in [1.54, 1.807) is 0 Å². The maximum atomic E-state index is 13.2. The first-order valence-corrected chi connectivity index (χ1v) is 4.12. The molecule has 3 N–H and O–H groups in total. The molecule has 1 aromatic rings. The van der Waals surface area contributed by atoms with Crippen molar-refractivity contribution in [3.63, 3.8) is 0 Å². The van der Waals surface area contributed by atoms with Gasteiger partial charge in [-0.2, -0.15) is 0 Å². The number of ether oxygens (including phenoxy) is 1. The molecule has 1 aromatic heterocycles. The highest BCUT2D eigenvalue weighted by Crippen LogP contribution is 2.24. The van der Waals surface area contributed by atoms with E-state index in [1.807, 2.05) is 0 Å². The molecule has 0 atom stereocenters. The van der Waals surface area contributed by atoms with Crippen LogP contribution < -0.4 is 10.5 Å². The van der Waals surface area contributed by atoms with Crippen LogP contribution in [-0.4, -0.2) is 16.5 Å². The lowest BCUT2D eigenvalue weighted by atomic mass is 10.2. The molecule has 0 spiro atoms. The Bertz CT molecular complexity index is 381. The zero-order chi connectivity index (χ0) is 12.3. The molecule has 16 heavy (non-hydrogen) atoms. The predicted octanol–water partition coefficient (Wildman–Crippen LogP) is 1.07. The van der Waals surface area contributed by atoms with Crippen LogP contribution in [0.1, 0.15) is 11.3 Å². The van der Waals surface area contributed by atoms with Gasteiger partial charge in [-0.3, -0.25) is 0 Å². The van der Waals surface area contributed by atoms with Gasteiger partial charge in [0.15, 0.2) is 0 Å². The molecule has 0 saturated heterocycles. The fraction of sp³-hybridized carbons (Fsp3) is 0.375. The van der Waals surface area contributed by atoms with Gasteiger partial charge in [-0.15, -0.1) is 13.2 Å². The Morgan fingerprint density at radius 3 is 2.50 bits per heavy atom. The molecule has 4 nitrogen and oxygen atoms in total. The largest absolute Gasteiger partial charge is 0.574 e. The normalized spacial score (nSPS) is 11.6. The third kappa shape index (κ3) is 3.04. The van der Waals surface area contributed by atoms with Crippen molar-refractivity contribution in [2.24, 2.45) is 5.73 Å². The molecule has 90 valence electrons. The molecule has 1 heterocycles. The monoisotopic (exact) mass is 240 g/mol. The van der Waals surface area contributed by atoms with E-state index in [-0.39, 0.29) is 17.8 Å². The minimum Gasteiger partial charge on any atom is -0.390 e. The standard InChI is InChI=1S/C8H8F4N2O2/c9-5-1-7(16-8(10,11)12)14-6(3-15)4(5)2-13/h1,15H,2-3,13H2. The van der Waals surface area contributed by atoms with Crippen LogP contribution in [0.15, 0.2) is 6.07 Å². The van der Waals surface area contributed by atoms with Crippen LogP contribution in [-0.2, 0) is 13.2 Å². The van der Waals surface area contributed by atoms with E-state index < -0.39 is 24.7 Å². The van der Waals surface area contributed by atoms with Gasteiger partial charge >= 0.3 is 6.36 Å². The van der Waals surface area contributed by atoms with E-state index >= 15 is 0 Å². The number of aliphatic hydroxyl groups excluding tert-OH is 1. The average Bonchev–Trinajstić information content (AvgIpc) is 2.14. The Balaban J connectivity index is 3.10. The summed E-state index contributed by atoms with van der Waals surface area (Å²) in [4.78, 5) is 3.30. The Kier molecular flexibility index (Phi) is 3.66. The maximum Gasteiger partial charge on any atom is 0.574 e. The Morgan fingerprint density at radius 1 is 1.44 bits per heavy atom. The molecular formula is C8H8F4N2O2. The summed E-state index contributed by atoms with van der Waals surface area (Å²) in [5.41, 5.74) is 4.73. The first kappa shape index (κ1) is 12.7. The Morgan fingerprint density at radius 2 is 2.06 bits per heavy atom. The van der Waals surface area contributed by atoms with E-state index in [0.29, 0.717) is 6.07 Å². The minimum absolute atomic E-state index is 0.142. The van der Waals surface area contributed by atoms with Gasteiger partial charge in [-0.25, -0.2) is 9.37 Å². The molecule has 0 amide bonds. The van der Waals surface area contributed by atoms with E-state index in [0.717, 1.165) is 0 Å². The third-order valence-corrected chi connectivity index (χ3v) is 1.71. The number of nitrogens with two attached hydrogens (primary N) is 1. The van der Waals surface area contributed by atoms with E-state index in [9.17, 15) is 17.6 Å². The average molecular weight is 240 g/mol. The van der Waals surface area contributed by atoms with Crippen LogP contribution in [0.3, 0.4) is 0 Å². The van der Waals surface area contributed by atoms with E-state index in [2.05, 4.69) is 9.72 Å². The first-order valence-electron chi connectivity index (χ1n) is 4.12. The van der Waals surface area contributed by atoms with Gasteiger partial charge in [-0.1, -0.05) is 0 Å². The minimum atomic E-state index is -4.96. The SMILES string of the molecule is NCc1c(F)cc(OC(F)(F)F)nc1CO. The lowest BCUT2D eigenvalue weighted by molar-refractivity contribution is -0.276. The van der Waals surface area contributed by atoms with Crippen molar-refractivity contribution in [2.75, 3.05) is 0 Å². The number of aliphatic hydroxyl groups is 1. The molecule has 0 radical (unpaired) electrons. The molecule has 0 aliphatic carbocycles. The molecule has 1 rings (SSSR count). The number of halogens is 4. The van der Waals surface area contributed by atoms with Crippen molar-refractivity contribution >= 4 is 0 Å². The molecule has 0 bridgehead atoms. The molecule has 0 aromatic carbocycles. The molecular weight excluding hydrogens is 232 g/mol. The van der Waals surface area contributed by atoms with Crippen molar-refractivity contribution in [1.82, 2.24) is 4.98 Å². The molecule has 0 saturated carbocycles. The van der Waals surface area contributed by atoms with Gasteiger partial charge in [0, 0.05) is 18.2 Å². The highest BCUT2D eigenvalue weighted by molar-refractivity contribution is 5.27. The fourth-order valence-electron chi connectivity index (χ4n) is 1.08. The van der Waals surface area contributed by atoms with Crippen molar-refractivity contribution < 1.29 is 27.4 Å². The van der Waals surface area contributed by atoms with Crippen LogP contribution in [0.2, 0.25) is 0 Å². The number of hydrogen-bond acceptors (Lipinski definition) is 4. The van der Waals surface area contributed by atoms with Gasteiger partial charge in [0.2, 0.25) is 5.88 Å². The lowest BCUT2D eigenvalue weighted by Crippen LogP contribution is -2.19. The van der Waals surface area contributed by atoms with Crippen molar-refractivity contribution in [1.29, 1.82) is 0 Å². The summed E-state index contributed by atoms with van der Waals surface area (Å²) in [5.74, 6) is -1.97. The molecule has 0 unspecified atom stereocenters. The van der Waals surface area contributed by atoms with Crippen LogP contribution in [0, 0.1) is 5.82 Å². The second-order valence-corrected chi connectivity index (χ2v) is 2.78. The summed E-state index contributed by atoms with van der Waals surface area (Å²) < 4.78 is 52.1. The summed E-state index contributed by atoms with van der Waals surface area (Å²) in [5, 5.41) is 8.78. The van der Waals surface area contributed by atoms with Crippen molar-refractivity contribution in [2.45, 2.75) is 19.5 Å². The number of nitrogens with zero attached hydrogens (tertiary/aromatic N) is 1. The highest BCUT2D eigenvalue weighted by Gasteiger charge is 2.32. The van der Waals surface area contributed by atoms with Crippen LogP contribution in [0.25, 0.3) is 0 Å². The zero-order valence-electron chi connectivity index (χ0n) is 7.88. The van der Waals surface area contributed by atoms with Crippen molar-refractivity contribution in [3.05, 3.63) is 23.1 Å². The molecule has 0 fully saturated rings. The lowest BCUT2D eigenvalue weighted by Gasteiger charge is -2.11. The summed E-state index contributed by atoms with van der Waals surface area (Å²) in [6, 6.07) is 0.467. The predicted molar refractivity (Wildman–Crippen MR) is 44.7 cm³/mol. The van der Waals surface area contributed by atoms with Gasteiger partial charge in [0.1, 0.15) is 5.82 Å². The summed E-state index contributed by atoms with van der Waals surface area (Å²) in [6.07, 6.45) is -4.96. The number of rotatable bonds is 3. The summed E-state index contributed by atoms with van der Waals surface area (Å²) in [7, 11) is 0. The molecule has 0 aliphatic rings. The van der Waals surface area contributed by atoms with Crippen LogP contribution in [0.4, 0.5) is 17.6 Å². The fourth-order valence-corrected chi connectivity index (χ4v) is 1.08. The zero-order valence-corrected chi connectivity index (χ0v) is 7.88. The van der Waals surface area contributed by atoms with E-state index in [1.165, 1.54) is 0 Å². The number of alkyl halides is 3. The molecule has 8 heteroatoms. The summed E-state index contributed by atoms with van der Waals surface area (Å²) >= 11 is 0.